The molecule has 0 unspecified atom stereocenters. The van der Waals surface area contributed by atoms with Crippen LogP contribution in [0.1, 0.15) is 64.2 Å². The molecule has 2 N–H and O–H groups in total. The van der Waals surface area contributed by atoms with E-state index in [1.54, 1.807) is 0 Å². The highest BCUT2D eigenvalue weighted by Gasteiger charge is 2.52. The van der Waals surface area contributed by atoms with Crippen LogP contribution >= 0.6 is 0 Å². The summed E-state index contributed by atoms with van der Waals surface area (Å²) in [6.07, 6.45) is 9.75. The summed E-state index contributed by atoms with van der Waals surface area (Å²) in [4.78, 5) is 63.5. The normalized spacial score (nSPS) is 35.5. The lowest BCUT2D eigenvalue weighted by atomic mass is 9.53. The number of urea groups is 2. The Labute approximate surface area is 174 Å². The van der Waals surface area contributed by atoms with Crippen LogP contribution in [0.25, 0.3) is 0 Å². The molecule has 30 heavy (non-hydrogen) atoms. The smallest absolute Gasteiger partial charge is 0.332 e. The number of carbonyl (C=O) groups is 5. The zero-order chi connectivity index (χ0) is 21.0. The van der Waals surface area contributed by atoms with Gasteiger partial charge in [0.1, 0.15) is 6.54 Å². The number of hydrogen-bond acceptors (Lipinski definition) is 5. The van der Waals surface area contributed by atoms with E-state index in [4.69, 9.17) is 0 Å². The standard InChI is InChI=1S/C21H28N4O5/c26-16(11-24-17(27)18(28)25(20(24)30)15-3-1-2-4-15)22-19(29)23-21-8-12-5-13(9-21)7-14(6-12)10-21/h12-15H,1-11H2,(H2,22,23,26,29). The molecule has 6 fully saturated rings. The van der Waals surface area contributed by atoms with Gasteiger partial charge in [0.05, 0.1) is 0 Å². The minimum absolute atomic E-state index is 0.242. The van der Waals surface area contributed by atoms with Crippen LogP contribution in [-0.2, 0) is 14.4 Å². The predicted molar refractivity (Wildman–Crippen MR) is 104 cm³/mol. The lowest BCUT2D eigenvalue weighted by Crippen LogP contribution is -2.62. The molecule has 1 aliphatic heterocycles. The molecule has 6 aliphatic rings. The fourth-order valence-corrected chi connectivity index (χ4v) is 6.99. The molecular weight excluding hydrogens is 388 g/mol. The van der Waals surface area contributed by atoms with Crippen molar-refractivity contribution in [3.05, 3.63) is 0 Å². The third-order valence-electron chi connectivity index (χ3n) is 7.75. The molecule has 6 rings (SSSR count). The van der Waals surface area contributed by atoms with Crippen molar-refractivity contribution in [3.8, 4) is 0 Å². The van der Waals surface area contributed by atoms with E-state index in [0.717, 1.165) is 37.0 Å². The highest BCUT2D eigenvalue weighted by Crippen LogP contribution is 2.55. The van der Waals surface area contributed by atoms with Crippen molar-refractivity contribution in [1.29, 1.82) is 0 Å². The van der Waals surface area contributed by atoms with E-state index < -0.39 is 36.3 Å². The Balaban J connectivity index is 1.18. The molecule has 1 heterocycles. The Morgan fingerprint density at radius 1 is 0.900 bits per heavy atom. The van der Waals surface area contributed by atoms with Gasteiger partial charge in [0, 0.05) is 11.6 Å². The average molecular weight is 416 g/mol. The maximum Gasteiger partial charge on any atom is 0.334 e. The van der Waals surface area contributed by atoms with E-state index in [1.165, 1.54) is 19.3 Å². The molecule has 0 aromatic rings. The van der Waals surface area contributed by atoms with E-state index in [2.05, 4.69) is 10.6 Å². The molecule has 0 aromatic heterocycles. The Morgan fingerprint density at radius 3 is 2.03 bits per heavy atom. The first-order valence-electron chi connectivity index (χ1n) is 11.1. The van der Waals surface area contributed by atoms with Gasteiger partial charge in [0.25, 0.3) is 0 Å². The van der Waals surface area contributed by atoms with Crippen LogP contribution in [-0.4, -0.2) is 57.7 Å². The van der Waals surface area contributed by atoms with Crippen molar-refractivity contribution in [2.24, 2.45) is 17.8 Å². The third-order valence-corrected chi connectivity index (χ3v) is 7.75. The fourth-order valence-electron chi connectivity index (χ4n) is 6.99. The number of rotatable bonds is 4. The molecule has 0 atom stereocenters. The average Bonchev–Trinajstić information content (AvgIpc) is 3.23. The highest BCUT2D eigenvalue weighted by molar-refractivity contribution is 6.45. The van der Waals surface area contributed by atoms with Crippen molar-refractivity contribution in [2.45, 2.75) is 75.8 Å². The van der Waals surface area contributed by atoms with Crippen molar-refractivity contribution >= 4 is 29.8 Å². The summed E-state index contributed by atoms with van der Waals surface area (Å²) in [7, 11) is 0. The van der Waals surface area contributed by atoms with Gasteiger partial charge >= 0.3 is 23.9 Å². The molecule has 4 bridgehead atoms. The molecule has 5 aliphatic carbocycles. The molecule has 5 saturated carbocycles. The van der Waals surface area contributed by atoms with E-state index in [0.29, 0.717) is 35.5 Å². The Morgan fingerprint density at radius 2 is 1.47 bits per heavy atom. The van der Waals surface area contributed by atoms with Gasteiger partial charge in [0.2, 0.25) is 5.91 Å². The number of amides is 7. The molecule has 7 amide bonds. The van der Waals surface area contributed by atoms with Crippen molar-refractivity contribution in [1.82, 2.24) is 20.4 Å². The largest absolute Gasteiger partial charge is 0.334 e. The molecule has 162 valence electrons. The van der Waals surface area contributed by atoms with Crippen LogP contribution in [0.4, 0.5) is 9.59 Å². The lowest BCUT2D eigenvalue weighted by molar-refractivity contribution is -0.144. The second-order valence-corrected chi connectivity index (χ2v) is 9.99. The van der Waals surface area contributed by atoms with Crippen LogP contribution in [0, 0.1) is 17.8 Å². The van der Waals surface area contributed by atoms with Crippen LogP contribution < -0.4 is 10.6 Å². The molecule has 1 saturated heterocycles. The zero-order valence-electron chi connectivity index (χ0n) is 17.0. The van der Waals surface area contributed by atoms with Gasteiger partial charge in [-0.25, -0.2) is 14.5 Å². The number of imide groups is 3. The van der Waals surface area contributed by atoms with Gasteiger partial charge in [-0.2, -0.15) is 0 Å². The van der Waals surface area contributed by atoms with E-state index >= 15 is 0 Å². The first kappa shape index (κ1) is 19.5. The number of carbonyl (C=O) groups excluding carboxylic acids is 5. The fraction of sp³-hybridized carbons (Fsp3) is 0.762. The Hall–Kier alpha value is -2.45. The minimum atomic E-state index is -0.997. The summed E-state index contributed by atoms with van der Waals surface area (Å²) >= 11 is 0. The molecule has 9 heteroatoms. The topological polar surface area (TPSA) is 116 Å². The van der Waals surface area contributed by atoms with Gasteiger partial charge in [-0.05, 0) is 69.1 Å². The van der Waals surface area contributed by atoms with Crippen molar-refractivity contribution < 1.29 is 24.0 Å². The Kier molecular flexibility index (Phi) is 4.59. The monoisotopic (exact) mass is 416 g/mol. The second kappa shape index (κ2) is 7.06. The summed E-state index contributed by atoms with van der Waals surface area (Å²) in [5.74, 6) is -0.680. The van der Waals surface area contributed by atoms with E-state index in [1.807, 2.05) is 0 Å². The third kappa shape index (κ3) is 3.28. The summed E-state index contributed by atoms with van der Waals surface area (Å²) in [5, 5.41) is 5.29. The first-order valence-corrected chi connectivity index (χ1v) is 11.1. The van der Waals surface area contributed by atoms with Crippen molar-refractivity contribution in [3.63, 3.8) is 0 Å². The van der Waals surface area contributed by atoms with E-state index in [-0.39, 0.29) is 11.6 Å². The van der Waals surface area contributed by atoms with Gasteiger partial charge in [-0.3, -0.25) is 24.6 Å². The van der Waals surface area contributed by atoms with Crippen LogP contribution in [0.2, 0.25) is 0 Å². The second-order valence-electron chi connectivity index (χ2n) is 9.99. The minimum Gasteiger partial charge on any atom is -0.332 e. The molecular formula is C21H28N4O5. The Bertz CT molecular complexity index is 783. The number of hydrogen-bond donors (Lipinski definition) is 2. The molecule has 0 aromatic carbocycles. The molecule has 0 radical (unpaired) electrons. The SMILES string of the molecule is O=C(CN1C(=O)C(=O)N(C2CCCC2)C1=O)NC(=O)NC12CC3CC(CC(C3)C1)C2. The summed E-state index contributed by atoms with van der Waals surface area (Å²) in [6, 6.07) is -1.62. The van der Waals surface area contributed by atoms with Gasteiger partial charge in [-0.15, -0.1) is 0 Å². The molecule has 9 nitrogen and oxygen atoms in total. The van der Waals surface area contributed by atoms with Gasteiger partial charge < -0.3 is 5.32 Å². The maximum atomic E-state index is 12.6. The summed E-state index contributed by atoms with van der Waals surface area (Å²) in [6.45, 7) is -0.624. The van der Waals surface area contributed by atoms with Crippen LogP contribution in [0.15, 0.2) is 0 Å². The highest BCUT2D eigenvalue weighted by atomic mass is 16.2. The quantitative estimate of drug-likeness (QED) is 0.532. The van der Waals surface area contributed by atoms with Gasteiger partial charge in [-0.1, -0.05) is 12.8 Å². The van der Waals surface area contributed by atoms with Crippen LogP contribution in [0.3, 0.4) is 0 Å². The first-order chi connectivity index (χ1) is 14.3. The van der Waals surface area contributed by atoms with E-state index in [9.17, 15) is 24.0 Å². The van der Waals surface area contributed by atoms with Crippen LogP contribution in [0.5, 0.6) is 0 Å². The maximum absolute atomic E-state index is 12.6. The van der Waals surface area contributed by atoms with Crippen molar-refractivity contribution in [2.75, 3.05) is 6.54 Å². The number of nitrogens with zero attached hydrogens (tertiary/aromatic N) is 2. The lowest BCUT2D eigenvalue weighted by Gasteiger charge is -2.56. The predicted octanol–water partition coefficient (Wildman–Crippen LogP) is 1.51. The summed E-state index contributed by atoms with van der Waals surface area (Å²) in [5.41, 5.74) is -0.242. The van der Waals surface area contributed by atoms with Gasteiger partial charge in [0.15, 0.2) is 0 Å². The summed E-state index contributed by atoms with van der Waals surface area (Å²) < 4.78 is 0. The number of nitrogens with one attached hydrogen (secondary N) is 2. The molecule has 0 spiro atoms. The zero-order valence-corrected chi connectivity index (χ0v) is 17.0.